The van der Waals surface area contributed by atoms with Crippen molar-refractivity contribution in [3.05, 3.63) is 69.4 Å². The number of nitro groups is 1. The van der Waals surface area contributed by atoms with Gasteiger partial charge >= 0.3 is 6.16 Å². The summed E-state index contributed by atoms with van der Waals surface area (Å²) in [4.78, 5) is 23.5. The molecule has 11 heteroatoms. The molecule has 0 spiro atoms. The first-order valence-corrected chi connectivity index (χ1v) is 15.2. The molecule has 1 N–H and O–H groups in total. The zero-order chi connectivity index (χ0) is 28.8. The molecule has 2 heterocycles. The molecule has 40 heavy (non-hydrogen) atoms. The molecule has 0 amide bonds. The zero-order valence-corrected chi connectivity index (χ0v) is 24.0. The third-order valence-corrected chi connectivity index (χ3v) is 9.57. The van der Waals surface area contributed by atoms with Gasteiger partial charge in [-0.1, -0.05) is 0 Å². The molecule has 212 valence electrons. The van der Waals surface area contributed by atoms with E-state index in [0.29, 0.717) is 18.6 Å². The van der Waals surface area contributed by atoms with Crippen LogP contribution in [0.4, 0.5) is 22.0 Å². The Kier molecular flexibility index (Phi) is 7.11. The third kappa shape index (κ3) is 5.56. The molecule has 3 unspecified atom stereocenters. The average molecular weight is 567 g/mol. The van der Waals surface area contributed by atoms with Gasteiger partial charge in [0.2, 0.25) is 0 Å². The summed E-state index contributed by atoms with van der Waals surface area (Å²) in [5.41, 5.74) is 3.62. The van der Waals surface area contributed by atoms with Gasteiger partial charge in [-0.15, -0.1) is 0 Å². The third-order valence-electron chi connectivity index (χ3n) is 7.50. The highest BCUT2D eigenvalue weighted by atomic mass is 32.2. The van der Waals surface area contributed by atoms with Crippen LogP contribution in [0.25, 0.3) is 0 Å². The second-order valence-corrected chi connectivity index (χ2v) is 14.0. The fraction of sp³-hybridized carbons (Fsp3) is 0.414. The maximum atomic E-state index is 12.7. The summed E-state index contributed by atoms with van der Waals surface area (Å²) < 4.78 is 25.5. The Bertz CT molecular complexity index is 1570. The Labute approximate surface area is 233 Å². The quantitative estimate of drug-likeness (QED) is 0.125. The fourth-order valence-corrected chi connectivity index (χ4v) is 7.18. The molecule has 0 saturated heterocycles. The molecule has 5 rings (SSSR count). The summed E-state index contributed by atoms with van der Waals surface area (Å²) in [6.45, 7) is 8.36. The van der Waals surface area contributed by atoms with Crippen molar-refractivity contribution >= 4 is 38.7 Å². The van der Waals surface area contributed by atoms with Gasteiger partial charge in [-0.05, 0) is 105 Å². The van der Waals surface area contributed by atoms with E-state index in [0.717, 1.165) is 46.1 Å². The highest BCUT2D eigenvalue weighted by molar-refractivity contribution is 8.00. The molecular formula is C29H34N4O6S. The lowest BCUT2D eigenvalue weighted by Crippen LogP contribution is -2.25. The largest absolute Gasteiger partial charge is 0.514 e. The molecule has 1 aromatic heterocycles. The van der Waals surface area contributed by atoms with Gasteiger partial charge in [-0.25, -0.2) is 9.48 Å². The van der Waals surface area contributed by atoms with Crippen molar-refractivity contribution in [3.8, 4) is 5.75 Å². The second kappa shape index (κ2) is 10.3. The van der Waals surface area contributed by atoms with E-state index in [4.69, 9.17) is 14.6 Å². The van der Waals surface area contributed by atoms with Crippen molar-refractivity contribution in [1.82, 2.24) is 9.78 Å². The summed E-state index contributed by atoms with van der Waals surface area (Å²) in [7, 11) is -2.19. The maximum absolute atomic E-state index is 12.7. The number of aromatic nitrogens is 2. The predicted molar refractivity (Wildman–Crippen MR) is 154 cm³/mol. The number of non-ortho nitro benzene ring substituents is 1. The summed E-state index contributed by atoms with van der Waals surface area (Å²) in [6, 6.07) is 11.2. The Hall–Kier alpha value is -3.86. The van der Waals surface area contributed by atoms with Gasteiger partial charge in [0.25, 0.3) is 5.69 Å². The zero-order valence-electron chi connectivity index (χ0n) is 23.1. The van der Waals surface area contributed by atoms with Crippen molar-refractivity contribution in [2.45, 2.75) is 75.8 Å². The Morgan fingerprint density at radius 2 is 1.93 bits per heavy atom. The number of carbonyl (C=O) groups excluding carboxylic acids is 1. The first-order valence-electron chi connectivity index (χ1n) is 13.3. The molecule has 1 saturated carbocycles. The lowest BCUT2D eigenvalue weighted by Gasteiger charge is -2.23. The Morgan fingerprint density at radius 1 is 1.20 bits per heavy atom. The van der Waals surface area contributed by atoms with Gasteiger partial charge in [0, 0.05) is 39.9 Å². The number of benzene rings is 2. The van der Waals surface area contributed by atoms with Gasteiger partial charge in [-0.2, -0.15) is 5.10 Å². The van der Waals surface area contributed by atoms with Crippen LogP contribution in [0, 0.1) is 17.0 Å². The minimum absolute atomic E-state index is 0.0850. The number of hydrogen-bond donors (Lipinski definition) is 1. The normalized spacial score (nSPS) is 22.1. The van der Waals surface area contributed by atoms with Crippen LogP contribution < -0.4 is 10.1 Å². The highest BCUT2D eigenvalue weighted by Gasteiger charge is 2.34. The van der Waals surface area contributed by atoms with Gasteiger partial charge < -0.3 is 14.8 Å². The number of nitrogens with one attached hydrogen (secondary N) is 1. The van der Waals surface area contributed by atoms with E-state index in [2.05, 4.69) is 44.9 Å². The van der Waals surface area contributed by atoms with E-state index in [9.17, 15) is 19.1 Å². The summed E-state index contributed by atoms with van der Waals surface area (Å²) >= 11 is 0. The van der Waals surface area contributed by atoms with Crippen molar-refractivity contribution in [3.63, 3.8) is 0 Å². The summed E-state index contributed by atoms with van der Waals surface area (Å²) in [5, 5.41) is 19.4. The predicted octanol–water partition coefficient (Wildman–Crippen LogP) is 6.08. The van der Waals surface area contributed by atoms with Crippen LogP contribution in [0.2, 0.25) is 0 Å². The van der Waals surface area contributed by atoms with Crippen molar-refractivity contribution in [1.29, 1.82) is 0 Å². The van der Waals surface area contributed by atoms with Crippen LogP contribution in [-0.4, -0.2) is 42.8 Å². The van der Waals surface area contributed by atoms with E-state index in [1.54, 1.807) is 0 Å². The van der Waals surface area contributed by atoms with Crippen LogP contribution in [0.1, 0.15) is 62.8 Å². The molecule has 10 nitrogen and oxygen atoms in total. The molecule has 3 aromatic rings. The highest BCUT2D eigenvalue weighted by Crippen LogP contribution is 2.41. The molecule has 3 atom stereocenters. The van der Waals surface area contributed by atoms with E-state index in [1.807, 2.05) is 16.8 Å². The fourth-order valence-electron chi connectivity index (χ4n) is 5.46. The van der Waals surface area contributed by atoms with Crippen LogP contribution in [-0.2, 0) is 26.2 Å². The first kappa shape index (κ1) is 27.7. The summed E-state index contributed by atoms with van der Waals surface area (Å²) in [6.07, 6.45) is 1.72. The number of rotatable bonds is 6. The SMILES string of the molecule is C=S1(=O)CCc2cc(Nc3c(C)c(C4CCC(OC(=O)Oc5ccc([N+](=O)[O-])cc5)C4)nn3C(C)(C)C)ccc21. The van der Waals surface area contributed by atoms with Gasteiger partial charge in [0.05, 0.1) is 16.2 Å². The number of fused-ring (bicyclic) bond motifs is 1. The number of nitrogens with zero attached hydrogens (tertiary/aromatic N) is 3. The van der Waals surface area contributed by atoms with Crippen LogP contribution in [0.15, 0.2) is 47.4 Å². The van der Waals surface area contributed by atoms with Crippen LogP contribution in [0.5, 0.6) is 5.75 Å². The minimum atomic E-state index is -2.19. The maximum Gasteiger partial charge on any atom is 0.514 e. The molecule has 1 aliphatic heterocycles. The molecular weight excluding hydrogens is 532 g/mol. The summed E-state index contributed by atoms with van der Waals surface area (Å²) in [5.74, 6) is 5.70. The van der Waals surface area contributed by atoms with Crippen molar-refractivity contribution in [2.24, 2.45) is 0 Å². The molecule has 1 fully saturated rings. The van der Waals surface area contributed by atoms with E-state index >= 15 is 0 Å². The van der Waals surface area contributed by atoms with Crippen molar-refractivity contribution in [2.75, 3.05) is 11.1 Å². The van der Waals surface area contributed by atoms with Gasteiger partial charge in [0.1, 0.15) is 17.7 Å². The van der Waals surface area contributed by atoms with Gasteiger partial charge in [0.15, 0.2) is 0 Å². The Balaban J connectivity index is 1.29. The van der Waals surface area contributed by atoms with E-state index in [-0.39, 0.29) is 29.0 Å². The lowest BCUT2D eigenvalue weighted by atomic mass is 10.0. The van der Waals surface area contributed by atoms with Crippen molar-refractivity contribution < 1.29 is 23.4 Å². The Morgan fingerprint density at radius 3 is 2.60 bits per heavy atom. The molecule has 0 bridgehead atoms. The molecule has 0 radical (unpaired) electrons. The number of anilines is 2. The monoisotopic (exact) mass is 566 g/mol. The standard InChI is InChI=1S/C29H34N4O6S/c1-18-26(20-6-10-24(17-20)39-28(34)38-23-11-8-22(9-12-23)33(35)36)31-32(29(2,3)4)27(18)30-21-7-13-25-19(16-21)14-15-40(25,5)37/h7-9,11-13,16,20,24,30H,5-6,10,14-15,17H2,1-4H3. The number of ether oxygens (including phenoxy) is 2. The first-order chi connectivity index (χ1) is 18.8. The number of carbonyl (C=O) groups is 1. The molecule has 2 aliphatic rings. The van der Waals surface area contributed by atoms with Crippen LogP contribution >= 0.6 is 0 Å². The minimum Gasteiger partial charge on any atom is -0.431 e. The van der Waals surface area contributed by atoms with Crippen LogP contribution in [0.3, 0.4) is 0 Å². The smallest absolute Gasteiger partial charge is 0.431 e. The topological polar surface area (TPSA) is 126 Å². The second-order valence-electron chi connectivity index (χ2n) is 11.5. The average Bonchev–Trinajstić information content (AvgIpc) is 3.55. The molecule has 2 aromatic carbocycles. The number of nitro benzene ring substituents is 1. The van der Waals surface area contributed by atoms with E-state index in [1.165, 1.54) is 24.3 Å². The lowest BCUT2D eigenvalue weighted by molar-refractivity contribution is -0.384. The number of aryl methyl sites for hydroxylation is 1. The van der Waals surface area contributed by atoms with Gasteiger partial charge in [-0.3, -0.25) is 14.3 Å². The number of hydrogen-bond acceptors (Lipinski definition) is 8. The molecule has 1 aliphatic carbocycles. The van der Waals surface area contributed by atoms with E-state index < -0.39 is 20.6 Å².